The van der Waals surface area contributed by atoms with Crippen LogP contribution in [0.15, 0.2) is 0 Å². The van der Waals surface area contributed by atoms with E-state index in [1.807, 2.05) is 0 Å². The molecule has 16 heteroatoms. The van der Waals surface area contributed by atoms with Crippen molar-refractivity contribution in [3.63, 3.8) is 0 Å². The van der Waals surface area contributed by atoms with Crippen LogP contribution in [0.4, 0.5) is 0 Å². The summed E-state index contributed by atoms with van der Waals surface area (Å²) in [5.74, 6) is 0. The van der Waals surface area contributed by atoms with Crippen LogP contribution in [0.5, 0.6) is 0 Å². The molecular formula is CBaO12S3. The minimum Gasteiger partial charge on any atom is -0.759 e. The zero-order chi connectivity index (χ0) is 12.8. The van der Waals surface area contributed by atoms with Crippen molar-refractivity contribution in [1.29, 1.82) is 0 Å². The summed E-state index contributed by atoms with van der Waals surface area (Å²) < 4.78 is 89.8. The second kappa shape index (κ2) is 5.28. The molecule has 0 N–H and O–H groups in total. The van der Waals surface area contributed by atoms with Gasteiger partial charge in [-0.3, -0.25) is 8.42 Å². The zero-order valence-corrected chi connectivity index (χ0v) is 14.2. The van der Waals surface area contributed by atoms with Crippen molar-refractivity contribution < 1.29 is 51.1 Å². The number of hydrogen-bond acceptors (Lipinski definition) is 12. The van der Waals surface area contributed by atoms with E-state index in [4.69, 9.17) is 17.5 Å². The van der Waals surface area contributed by atoms with Gasteiger partial charge < -0.3 is 9.11 Å². The molecule has 0 bridgehead atoms. The minimum absolute atomic E-state index is 0. The molecule has 2 heterocycles. The molecular weight excluding hydrogens is 438 g/mol. The van der Waals surface area contributed by atoms with Gasteiger partial charge >= 0.3 is 75.8 Å². The van der Waals surface area contributed by atoms with Crippen molar-refractivity contribution in [2.75, 3.05) is 0 Å². The summed E-state index contributed by atoms with van der Waals surface area (Å²) in [7, 11) is -13.4. The van der Waals surface area contributed by atoms with E-state index < -0.39 is 37.4 Å². The van der Waals surface area contributed by atoms with Crippen molar-refractivity contribution in [3.05, 3.63) is 0 Å². The molecule has 2 aliphatic heterocycles. The number of hydrogen-bond donors (Lipinski definition) is 0. The average molecular weight is 438 g/mol. The third-order valence-electron chi connectivity index (χ3n) is 0.816. The predicted octanol–water partition coefficient (Wildman–Crippen LogP) is -3.54. The van der Waals surface area contributed by atoms with Crippen molar-refractivity contribution >= 4 is 80.1 Å². The molecule has 2 rings (SSSR count). The molecule has 12 nitrogen and oxygen atoms in total. The molecule has 0 aliphatic carbocycles. The smallest absolute Gasteiger partial charge is 0.759 e. The fraction of sp³-hybridized carbons (Fsp3) is 1.00. The maximum absolute atomic E-state index is 10.1. The SMILES string of the molecule is O=S(=O)([O-])[O-].O=S1(=O)OC2(O1)OS(=O)(=O)O2.[Ba+2]. The van der Waals surface area contributed by atoms with E-state index in [2.05, 4.69) is 16.7 Å². The molecule has 17 heavy (non-hydrogen) atoms. The van der Waals surface area contributed by atoms with Gasteiger partial charge in [-0.2, -0.15) is 33.6 Å². The fourth-order valence-electron chi connectivity index (χ4n) is 0.568. The van der Waals surface area contributed by atoms with E-state index in [1.165, 1.54) is 0 Å². The maximum Gasteiger partial charge on any atom is 2.00 e. The predicted molar refractivity (Wildman–Crippen MR) is 41.1 cm³/mol. The van der Waals surface area contributed by atoms with Gasteiger partial charge in [0.25, 0.3) is 0 Å². The molecule has 0 aromatic heterocycles. The van der Waals surface area contributed by atoms with Crippen molar-refractivity contribution in [1.82, 2.24) is 0 Å². The summed E-state index contributed by atoms with van der Waals surface area (Å²) >= 11 is 0. The molecule has 96 valence electrons. The first-order valence-electron chi connectivity index (χ1n) is 2.82. The molecule has 0 amide bonds. The molecule has 1 spiro atoms. The summed E-state index contributed by atoms with van der Waals surface area (Å²) in [4.78, 5) is 0. The molecule has 0 unspecified atom stereocenters. The standard InChI is InChI=1S/CO8S2.Ba.H2O4S/c2-10(3)6-1(7-10)8-11(4,5)9-1;;1-5(2,3)4/h;;(H2,1,2,3,4)/q;+2;/p-2. The third kappa shape index (κ3) is 6.24. The summed E-state index contributed by atoms with van der Waals surface area (Å²) in [6.07, 6.45) is -2.36. The van der Waals surface area contributed by atoms with Crippen LogP contribution in [0, 0.1) is 0 Å². The Labute approximate surface area is 135 Å². The van der Waals surface area contributed by atoms with Crippen LogP contribution < -0.4 is 0 Å². The van der Waals surface area contributed by atoms with E-state index in [-0.39, 0.29) is 48.9 Å². The van der Waals surface area contributed by atoms with E-state index in [1.54, 1.807) is 0 Å². The van der Waals surface area contributed by atoms with Crippen LogP contribution in [0.1, 0.15) is 0 Å². The van der Waals surface area contributed by atoms with Gasteiger partial charge in [0.15, 0.2) is 0 Å². The first-order chi connectivity index (χ1) is 6.83. The van der Waals surface area contributed by atoms with E-state index >= 15 is 0 Å². The molecule has 0 atom stereocenters. The Bertz CT molecular complexity index is 502. The molecule has 2 fully saturated rings. The second-order valence-corrected chi connectivity index (χ2v) is 5.17. The normalized spacial score (nSPS) is 26.5. The molecule has 0 saturated carbocycles. The Balaban J connectivity index is 0.000000373. The maximum atomic E-state index is 10.1. The van der Waals surface area contributed by atoms with Crippen molar-refractivity contribution in [3.8, 4) is 0 Å². The summed E-state index contributed by atoms with van der Waals surface area (Å²) in [6.45, 7) is 0. The monoisotopic (exact) mass is 438 g/mol. The first kappa shape index (κ1) is 18.2. The van der Waals surface area contributed by atoms with Gasteiger partial charge in [0.1, 0.15) is 0 Å². The largest absolute Gasteiger partial charge is 2.00 e. The minimum atomic E-state index is -5.17. The van der Waals surface area contributed by atoms with Crippen LogP contribution in [-0.2, 0) is 47.9 Å². The van der Waals surface area contributed by atoms with Gasteiger partial charge in [-0.25, -0.2) is 0 Å². The van der Waals surface area contributed by atoms with Crippen molar-refractivity contribution in [2.24, 2.45) is 0 Å². The molecule has 2 saturated heterocycles. The van der Waals surface area contributed by atoms with Crippen LogP contribution >= 0.6 is 0 Å². The van der Waals surface area contributed by atoms with Gasteiger partial charge in [-0.05, 0) is 0 Å². The van der Waals surface area contributed by atoms with E-state index in [0.717, 1.165) is 0 Å². The van der Waals surface area contributed by atoms with Gasteiger partial charge in [0, 0.05) is 10.4 Å². The van der Waals surface area contributed by atoms with Crippen LogP contribution in [0.2, 0.25) is 0 Å². The fourth-order valence-corrected chi connectivity index (χ4v) is 2.04. The Morgan fingerprint density at radius 2 is 1.00 bits per heavy atom. The number of rotatable bonds is 0. The quantitative estimate of drug-likeness (QED) is 0.207. The first-order valence-corrected chi connectivity index (χ1v) is 6.82. The van der Waals surface area contributed by atoms with Crippen LogP contribution in [0.3, 0.4) is 0 Å². The molecule has 0 aromatic carbocycles. The zero-order valence-electron chi connectivity index (χ0n) is 7.33. The molecule has 0 radical (unpaired) electrons. The molecule has 0 aromatic rings. The van der Waals surface area contributed by atoms with E-state index in [0.29, 0.717) is 0 Å². The molecule has 2 aliphatic rings. The van der Waals surface area contributed by atoms with Gasteiger partial charge in [0.05, 0.1) is 0 Å². The Hall–Kier alpha value is 1.18. The topological polar surface area (TPSA) is 185 Å². The summed E-state index contributed by atoms with van der Waals surface area (Å²) in [5.41, 5.74) is 0. The Morgan fingerprint density at radius 3 is 1.12 bits per heavy atom. The summed E-state index contributed by atoms with van der Waals surface area (Å²) in [6, 6.07) is 0. The van der Waals surface area contributed by atoms with Crippen LogP contribution in [0.25, 0.3) is 0 Å². The Kier molecular flexibility index (Phi) is 5.65. The second-order valence-electron chi connectivity index (χ2n) is 2.06. The average Bonchev–Trinajstić information content (AvgIpc) is 1.71. The van der Waals surface area contributed by atoms with E-state index in [9.17, 15) is 16.8 Å². The third-order valence-corrected chi connectivity index (χ3v) is 2.45. The van der Waals surface area contributed by atoms with Gasteiger partial charge in [-0.15, -0.1) is 0 Å². The van der Waals surface area contributed by atoms with Crippen molar-refractivity contribution in [2.45, 2.75) is 6.16 Å². The Morgan fingerprint density at radius 1 is 0.824 bits per heavy atom. The van der Waals surface area contributed by atoms with Crippen LogP contribution in [-0.4, -0.2) is 89.4 Å². The van der Waals surface area contributed by atoms with Gasteiger partial charge in [0.2, 0.25) is 0 Å². The van der Waals surface area contributed by atoms with Gasteiger partial charge in [-0.1, -0.05) is 0 Å². The summed E-state index contributed by atoms with van der Waals surface area (Å²) in [5, 5.41) is 0.